The number of fused-ring (bicyclic) bond motifs is 1. The SMILES string of the molecule is CC(CCC1OCCCO1)C1(c2ccc3ccccc3c2)CCCCC1. The summed E-state index contributed by atoms with van der Waals surface area (Å²) in [6, 6.07) is 15.9. The lowest BCUT2D eigenvalue weighted by Gasteiger charge is -2.43. The molecule has 1 saturated carbocycles. The quantitative estimate of drug-likeness (QED) is 0.636. The van der Waals surface area contributed by atoms with E-state index in [-0.39, 0.29) is 6.29 Å². The van der Waals surface area contributed by atoms with Crippen molar-refractivity contribution in [2.75, 3.05) is 13.2 Å². The molecule has 26 heavy (non-hydrogen) atoms. The summed E-state index contributed by atoms with van der Waals surface area (Å²) in [4.78, 5) is 0. The van der Waals surface area contributed by atoms with Crippen molar-refractivity contribution in [3.63, 3.8) is 0 Å². The van der Waals surface area contributed by atoms with Gasteiger partial charge in [0.05, 0.1) is 13.2 Å². The highest BCUT2D eigenvalue weighted by atomic mass is 16.7. The van der Waals surface area contributed by atoms with Gasteiger partial charge >= 0.3 is 0 Å². The molecule has 2 heteroatoms. The predicted molar refractivity (Wildman–Crippen MR) is 107 cm³/mol. The van der Waals surface area contributed by atoms with E-state index in [4.69, 9.17) is 9.47 Å². The fourth-order valence-corrected chi connectivity index (χ4v) is 5.11. The van der Waals surface area contributed by atoms with Crippen LogP contribution in [0.3, 0.4) is 0 Å². The summed E-state index contributed by atoms with van der Waals surface area (Å²) in [5, 5.41) is 2.72. The molecule has 1 unspecified atom stereocenters. The van der Waals surface area contributed by atoms with Crippen molar-refractivity contribution in [1.82, 2.24) is 0 Å². The van der Waals surface area contributed by atoms with Gasteiger partial charge in [0, 0.05) is 0 Å². The van der Waals surface area contributed by atoms with Gasteiger partial charge in [-0.1, -0.05) is 68.7 Å². The lowest BCUT2D eigenvalue weighted by Crippen LogP contribution is -2.37. The third-order valence-corrected chi connectivity index (χ3v) is 6.75. The standard InChI is InChI=1S/C24H32O2/c1-19(10-13-23-25-16-7-17-26-23)24(14-5-2-6-15-24)22-12-11-20-8-3-4-9-21(20)18-22/h3-4,8-9,11-12,18-19,23H,2,5-7,10,13-17H2,1H3. The van der Waals surface area contributed by atoms with E-state index in [2.05, 4.69) is 49.4 Å². The summed E-state index contributed by atoms with van der Waals surface area (Å²) in [5.41, 5.74) is 1.87. The Hall–Kier alpha value is -1.38. The molecule has 0 amide bonds. The molecule has 1 aliphatic carbocycles. The van der Waals surface area contributed by atoms with Crippen molar-refractivity contribution in [2.45, 2.75) is 70.0 Å². The van der Waals surface area contributed by atoms with Gasteiger partial charge in [-0.2, -0.15) is 0 Å². The summed E-state index contributed by atoms with van der Waals surface area (Å²) < 4.78 is 11.6. The molecule has 0 N–H and O–H groups in total. The van der Waals surface area contributed by atoms with Crippen LogP contribution in [-0.2, 0) is 14.9 Å². The van der Waals surface area contributed by atoms with Gasteiger partial charge in [0.25, 0.3) is 0 Å². The molecule has 4 rings (SSSR count). The summed E-state index contributed by atoms with van der Waals surface area (Å²) in [5.74, 6) is 0.651. The van der Waals surface area contributed by atoms with Crippen LogP contribution in [0.25, 0.3) is 10.8 Å². The molecule has 0 spiro atoms. The van der Waals surface area contributed by atoms with Gasteiger partial charge in [-0.25, -0.2) is 0 Å². The average molecular weight is 353 g/mol. The Labute approximate surface area is 157 Å². The summed E-state index contributed by atoms with van der Waals surface area (Å²) in [6.07, 6.45) is 9.99. The number of hydrogen-bond donors (Lipinski definition) is 0. The number of rotatable bonds is 5. The van der Waals surface area contributed by atoms with E-state index < -0.39 is 0 Å². The van der Waals surface area contributed by atoms with Crippen LogP contribution in [0.15, 0.2) is 42.5 Å². The molecule has 0 bridgehead atoms. The second kappa shape index (κ2) is 8.10. The van der Waals surface area contributed by atoms with Crippen LogP contribution in [0.4, 0.5) is 0 Å². The van der Waals surface area contributed by atoms with Crippen molar-refractivity contribution in [3.05, 3.63) is 48.0 Å². The molecule has 0 aromatic heterocycles. The van der Waals surface area contributed by atoms with Gasteiger partial charge in [0.2, 0.25) is 0 Å². The largest absolute Gasteiger partial charge is 0.353 e. The minimum Gasteiger partial charge on any atom is -0.353 e. The van der Waals surface area contributed by atoms with Gasteiger partial charge in [0.15, 0.2) is 6.29 Å². The molecule has 1 heterocycles. The third kappa shape index (κ3) is 3.68. The van der Waals surface area contributed by atoms with Gasteiger partial charge in [-0.15, -0.1) is 0 Å². The maximum absolute atomic E-state index is 5.79. The molecule has 1 aliphatic heterocycles. The topological polar surface area (TPSA) is 18.5 Å². The zero-order chi connectivity index (χ0) is 17.8. The molecule has 2 fully saturated rings. The maximum atomic E-state index is 5.79. The number of ether oxygens (including phenoxy) is 2. The smallest absolute Gasteiger partial charge is 0.157 e. The van der Waals surface area contributed by atoms with Crippen LogP contribution in [-0.4, -0.2) is 19.5 Å². The predicted octanol–water partition coefficient (Wildman–Crippen LogP) is 6.22. The van der Waals surface area contributed by atoms with Gasteiger partial charge < -0.3 is 9.47 Å². The Bertz CT molecular complexity index is 711. The van der Waals surface area contributed by atoms with Gasteiger partial charge in [-0.05, 0) is 59.8 Å². The zero-order valence-electron chi connectivity index (χ0n) is 16.1. The van der Waals surface area contributed by atoms with Crippen molar-refractivity contribution < 1.29 is 9.47 Å². The lowest BCUT2D eigenvalue weighted by molar-refractivity contribution is -0.183. The fourth-order valence-electron chi connectivity index (χ4n) is 5.11. The molecule has 2 aromatic rings. The Morgan fingerprint density at radius 2 is 1.65 bits per heavy atom. The zero-order valence-corrected chi connectivity index (χ0v) is 16.1. The number of hydrogen-bond acceptors (Lipinski definition) is 2. The Morgan fingerprint density at radius 1 is 0.923 bits per heavy atom. The Morgan fingerprint density at radius 3 is 2.42 bits per heavy atom. The highest BCUT2D eigenvalue weighted by Gasteiger charge is 2.39. The lowest BCUT2D eigenvalue weighted by atomic mass is 9.61. The molecule has 2 aliphatic rings. The van der Waals surface area contributed by atoms with Gasteiger partial charge in [-0.3, -0.25) is 0 Å². The Kier molecular flexibility index (Phi) is 5.61. The summed E-state index contributed by atoms with van der Waals surface area (Å²) in [7, 11) is 0. The van der Waals surface area contributed by atoms with Crippen LogP contribution in [0.5, 0.6) is 0 Å². The van der Waals surface area contributed by atoms with E-state index in [1.165, 1.54) is 49.3 Å². The van der Waals surface area contributed by atoms with E-state index in [1.54, 1.807) is 5.56 Å². The molecular formula is C24H32O2. The first-order valence-corrected chi connectivity index (χ1v) is 10.5. The van der Waals surface area contributed by atoms with E-state index in [0.717, 1.165) is 26.1 Å². The van der Waals surface area contributed by atoms with E-state index in [9.17, 15) is 0 Å². The first kappa shape index (κ1) is 18.0. The minimum atomic E-state index is 0.0171. The second-order valence-electron chi connectivity index (χ2n) is 8.28. The molecule has 0 radical (unpaired) electrons. The van der Waals surface area contributed by atoms with E-state index in [0.29, 0.717) is 11.3 Å². The molecule has 2 nitrogen and oxygen atoms in total. The molecule has 1 saturated heterocycles. The highest BCUT2D eigenvalue weighted by molar-refractivity contribution is 5.83. The fraction of sp³-hybridized carbons (Fsp3) is 0.583. The molecular weight excluding hydrogens is 320 g/mol. The molecule has 1 atom stereocenters. The normalized spacial score (nSPS) is 22.3. The van der Waals surface area contributed by atoms with Crippen molar-refractivity contribution in [1.29, 1.82) is 0 Å². The first-order chi connectivity index (χ1) is 12.8. The number of benzene rings is 2. The maximum Gasteiger partial charge on any atom is 0.157 e. The van der Waals surface area contributed by atoms with Crippen LogP contribution >= 0.6 is 0 Å². The van der Waals surface area contributed by atoms with Crippen LogP contribution in [0, 0.1) is 5.92 Å². The monoisotopic (exact) mass is 352 g/mol. The van der Waals surface area contributed by atoms with Crippen LogP contribution in [0.1, 0.15) is 63.9 Å². The second-order valence-corrected chi connectivity index (χ2v) is 8.28. The third-order valence-electron chi connectivity index (χ3n) is 6.75. The van der Waals surface area contributed by atoms with E-state index in [1.807, 2.05) is 0 Å². The molecule has 2 aromatic carbocycles. The summed E-state index contributed by atoms with van der Waals surface area (Å²) >= 11 is 0. The highest BCUT2D eigenvalue weighted by Crippen LogP contribution is 2.47. The molecule has 140 valence electrons. The Balaban J connectivity index is 1.57. The van der Waals surface area contributed by atoms with Crippen LogP contribution in [0.2, 0.25) is 0 Å². The van der Waals surface area contributed by atoms with Crippen LogP contribution < -0.4 is 0 Å². The summed E-state index contributed by atoms with van der Waals surface area (Å²) in [6.45, 7) is 4.17. The minimum absolute atomic E-state index is 0.0171. The van der Waals surface area contributed by atoms with Gasteiger partial charge in [0.1, 0.15) is 0 Å². The van der Waals surface area contributed by atoms with Crippen molar-refractivity contribution >= 4 is 10.8 Å². The van der Waals surface area contributed by atoms with Crippen molar-refractivity contribution in [2.24, 2.45) is 5.92 Å². The van der Waals surface area contributed by atoms with E-state index >= 15 is 0 Å². The van der Waals surface area contributed by atoms with Crippen molar-refractivity contribution in [3.8, 4) is 0 Å². The first-order valence-electron chi connectivity index (χ1n) is 10.5. The average Bonchev–Trinajstić information content (AvgIpc) is 2.73.